The zero-order valence-electron chi connectivity index (χ0n) is 15.0. The molecule has 2 aromatic rings. The number of rotatable bonds is 5. The van der Waals surface area contributed by atoms with Gasteiger partial charge in [0.05, 0.1) is 7.29 Å². The molecule has 0 aliphatic carbocycles. The summed E-state index contributed by atoms with van der Waals surface area (Å²) in [6, 6.07) is 12.3. The van der Waals surface area contributed by atoms with Crippen molar-refractivity contribution in [2.75, 3.05) is 6.54 Å². The highest BCUT2D eigenvalue weighted by molar-refractivity contribution is 6.06. The average molecular weight is 296 g/mol. The molecule has 0 saturated carbocycles. The molecule has 22 heavy (non-hydrogen) atoms. The van der Waals surface area contributed by atoms with Gasteiger partial charge in [0.2, 0.25) is 5.91 Å². The summed E-state index contributed by atoms with van der Waals surface area (Å²) in [6.07, 6.45) is 1.66. The number of hydrogen-bond donors (Lipinski definition) is 1. The summed E-state index contributed by atoms with van der Waals surface area (Å²) in [5.74, 6) is -0.940. The monoisotopic (exact) mass is 296 g/mol. The molecule has 2 aromatic carbocycles. The lowest BCUT2D eigenvalue weighted by Gasteiger charge is -2.33. The lowest BCUT2D eigenvalue weighted by atomic mass is 9.80. The lowest BCUT2D eigenvalue weighted by Crippen LogP contribution is -2.46. The van der Waals surface area contributed by atoms with Crippen LogP contribution < -0.4 is 5.31 Å². The SMILES string of the molecule is [2H]N(CCCC)C(=O)C1([2H])N=C(C)C1c1cccc2ccccc12. The van der Waals surface area contributed by atoms with E-state index in [0.717, 1.165) is 40.2 Å². The second kappa shape index (κ2) is 6.30. The number of nitrogens with one attached hydrogen (secondary N) is 1. The summed E-state index contributed by atoms with van der Waals surface area (Å²) in [4.78, 5) is 16.9. The van der Waals surface area contributed by atoms with E-state index in [9.17, 15) is 4.79 Å². The van der Waals surface area contributed by atoms with Crippen molar-refractivity contribution in [3.8, 4) is 0 Å². The third-order valence-electron chi connectivity index (χ3n) is 4.11. The van der Waals surface area contributed by atoms with Crippen LogP contribution in [0.3, 0.4) is 0 Å². The Morgan fingerprint density at radius 2 is 2.09 bits per heavy atom. The average Bonchev–Trinajstić information content (AvgIpc) is 2.58. The van der Waals surface area contributed by atoms with Crippen molar-refractivity contribution in [2.24, 2.45) is 4.99 Å². The number of carbonyl (C=O) groups is 1. The number of hydrogen-bond acceptors (Lipinski definition) is 2. The van der Waals surface area contributed by atoms with E-state index in [1.807, 2.05) is 56.3 Å². The van der Waals surface area contributed by atoms with Crippen LogP contribution in [0.15, 0.2) is 47.5 Å². The molecular formula is C19H22N2O. The van der Waals surface area contributed by atoms with E-state index in [0.29, 0.717) is 6.54 Å². The minimum atomic E-state index is -1.62. The minimum absolute atomic E-state index is 0.340. The van der Waals surface area contributed by atoms with Crippen LogP contribution in [0.4, 0.5) is 0 Å². The Bertz CT molecular complexity index is 800. The van der Waals surface area contributed by atoms with E-state index in [1.165, 1.54) is 0 Å². The fourth-order valence-electron chi connectivity index (χ4n) is 2.92. The number of amides is 1. The van der Waals surface area contributed by atoms with Gasteiger partial charge < -0.3 is 5.31 Å². The maximum atomic E-state index is 12.7. The molecular weight excluding hydrogens is 272 g/mol. The van der Waals surface area contributed by atoms with Crippen molar-refractivity contribution in [1.29, 1.82) is 0 Å². The Morgan fingerprint density at radius 3 is 2.86 bits per heavy atom. The molecule has 1 aliphatic rings. The van der Waals surface area contributed by atoms with Crippen molar-refractivity contribution in [2.45, 2.75) is 38.6 Å². The highest BCUT2D eigenvalue weighted by Gasteiger charge is 2.39. The van der Waals surface area contributed by atoms with Gasteiger partial charge in [0.1, 0.15) is 6.02 Å². The zero-order valence-corrected chi connectivity index (χ0v) is 13.0. The topological polar surface area (TPSA) is 41.5 Å². The zero-order chi connectivity index (χ0) is 17.3. The van der Waals surface area contributed by atoms with Crippen LogP contribution in [-0.2, 0) is 4.79 Å². The largest absolute Gasteiger partial charge is 0.354 e. The van der Waals surface area contributed by atoms with Gasteiger partial charge in [0.25, 0.3) is 0 Å². The van der Waals surface area contributed by atoms with Gasteiger partial charge in [-0.05, 0) is 29.7 Å². The second-order valence-electron chi connectivity index (χ2n) is 5.68. The number of unbranched alkanes of at least 4 members (excludes halogenated alkanes) is 1. The van der Waals surface area contributed by atoms with Crippen molar-refractivity contribution in [1.82, 2.24) is 5.31 Å². The van der Waals surface area contributed by atoms with Crippen LogP contribution >= 0.6 is 0 Å². The summed E-state index contributed by atoms with van der Waals surface area (Å²) >= 11 is 0. The second-order valence-corrected chi connectivity index (χ2v) is 5.68. The number of nitrogens with zero attached hydrogens (tertiary/aromatic N) is 1. The van der Waals surface area contributed by atoms with Crippen LogP contribution in [0.25, 0.3) is 10.8 Å². The molecule has 1 heterocycles. The van der Waals surface area contributed by atoms with Crippen LogP contribution in [0.5, 0.6) is 0 Å². The van der Waals surface area contributed by atoms with Crippen molar-refractivity contribution in [3.63, 3.8) is 0 Å². The first-order chi connectivity index (χ1) is 11.5. The summed E-state index contributed by atoms with van der Waals surface area (Å²) < 4.78 is 16.6. The van der Waals surface area contributed by atoms with E-state index >= 15 is 0 Å². The molecule has 1 amide bonds. The van der Waals surface area contributed by atoms with Crippen LogP contribution in [-0.4, -0.2) is 24.2 Å². The molecule has 114 valence electrons. The molecule has 1 N–H and O–H groups in total. The summed E-state index contributed by atoms with van der Waals surface area (Å²) in [5, 5.41) is 3.02. The van der Waals surface area contributed by atoms with Crippen LogP contribution in [0.1, 0.15) is 39.5 Å². The highest BCUT2D eigenvalue weighted by atomic mass is 16.2. The molecule has 2 atom stereocenters. The first-order valence-corrected chi connectivity index (χ1v) is 7.84. The van der Waals surface area contributed by atoms with Crippen LogP contribution in [0, 0.1) is 0 Å². The highest BCUT2D eigenvalue weighted by Crippen LogP contribution is 2.36. The summed E-state index contributed by atoms with van der Waals surface area (Å²) in [6.45, 7) is 4.21. The predicted octanol–water partition coefficient (Wildman–Crippen LogP) is 3.68. The van der Waals surface area contributed by atoms with E-state index < -0.39 is 17.8 Å². The third-order valence-corrected chi connectivity index (χ3v) is 4.11. The fourth-order valence-corrected chi connectivity index (χ4v) is 2.92. The Morgan fingerprint density at radius 1 is 1.32 bits per heavy atom. The van der Waals surface area contributed by atoms with Gasteiger partial charge in [-0.1, -0.05) is 55.8 Å². The molecule has 0 fully saturated rings. The maximum absolute atomic E-state index is 12.7. The molecule has 1 aliphatic heterocycles. The van der Waals surface area contributed by atoms with Gasteiger partial charge in [0, 0.05) is 12.3 Å². The molecule has 3 heteroatoms. The fraction of sp³-hybridized carbons (Fsp3) is 0.368. The van der Waals surface area contributed by atoms with Gasteiger partial charge in [-0.2, -0.15) is 0 Å². The molecule has 3 rings (SSSR count). The number of benzene rings is 2. The van der Waals surface area contributed by atoms with E-state index in [4.69, 9.17) is 2.78 Å². The number of fused-ring (bicyclic) bond motifs is 1. The minimum Gasteiger partial charge on any atom is -0.354 e. The first kappa shape index (κ1) is 12.4. The summed E-state index contributed by atoms with van der Waals surface area (Å²) in [5.41, 5.74) is 1.71. The van der Waals surface area contributed by atoms with Gasteiger partial charge >= 0.3 is 0 Å². The molecule has 2 unspecified atom stereocenters. The standard InChI is InChI=1S/C19H22N2O/c1-3-4-12-20-19(22)18-17(13(2)21-18)16-11-7-9-14-8-5-6-10-15(14)16/h5-11,17-18H,3-4,12H2,1-2H3,(H,20,22)/i18D/hD. The molecule has 3 nitrogen and oxygen atoms in total. The third kappa shape index (κ3) is 2.63. The smallest absolute Gasteiger partial charge is 0.245 e. The molecule has 0 spiro atoms. The van der Waals surface area contributed by atoms with Gasteiger partial charge in [-0.25, -0.2) is 0 Å². The van der Waals surface area contributed by atoms with Gasteiger partial charge in [0.15, 0.2) is 1.41 Å². The summed E-state index contributed by atoms with van der Waals surface area (Å²) in [7, 11) is 0. The van der Waals surface area contributed by atoms with Crippen molar-refractivity contribution in [3.05, 3.63) is 48.0 Å². The van der Waals surface area contributed by atoms with E-state index in [1.54, 1.807) is 0 Å². The Labute approximate surface area is 134 Å². The quantitative estimate of drug-likeness (QED) is 0.898. The predicted molar refractivity (Wildman–Crippen MR) is 91.5 cm³/mol. The molecule has 0 bridgehead atoms. The Hall–Kier alpha value is -2.16. The lowest BCUT2D eigenvalue weighted by molar-refractivity contribution is -0.122. The molecule has 0 radical (unpaired) electrons. The maximum Gasteiger partial charge on any atom is 0.245 e. The number of carbonyl (C=O) groups excluding carboxylic acids is 1. The van der Waals surface area contributed by atoms with Gasteiger partial charge in [-0.3, -0.25) is 9.79 Å². The molecule has 0 saturated heterocycles. The van der Waals surface area contributed by atoms with E-state index in [-0.39, 0.29) is 0 Å². The van der Waals surface area contributed by atoms with Crippen LogP contribution in [0.2, 0.25) is 1.41 Å². The number of aliphatic imine (C=N–C) groups is 1. The Balaban J connectivity index is 1.98. The van der Waals surface area contributed by atoms with Crippen molar-refractivity contribution < 1.29 is 7.58 Å². The first-order valence-electron chi connectivity index (χ1n) is 8.78. The van der Waals surface area contributed by atoms with Gasteiger partial charge in [-0.15, -0.1) is 0 Å². The van der Waals surface area contributed by atoms with Crippen molar-refractivity contribution >= 4 is 22.4 Å². The molecule has 0 aromatic heterocycles. The van der Waals surface area contributed by atoms with E-state index in [2.05, 4.69) is 4.99 Å². The normalized spacial score (nSPS) is 25.0. The Kier molecular flexibility index (Phi) is 3.55.